The van der Waals surface area contributed by atoms with Crippen LogP contribution in [0.3, 0.4) is 0 Å². The fourth-order valence-corrected chi connectivity index (χ4v) is 1.95. The lowest BCUT2D eigenvalue weighted by atomic mass is 10.1. The maximum atomic E-state index is 9.73. The highest BCUT2D eigenvalue weighted by molar-refractivity contribution is 5.30. The van der Waals surface area contributed by atoms with Gasteiger partial charge in [-0.25, -0.2) is 0 Å². The summed E-state index contributed by atoms with van der Waals surface area (Å²) in [4.78, 5) is 0. The lowest BCUT2D eigenvalue weighted by Gasteiger charge is -2.10. The van der Waals surface area contributed by atoms with Gasteiger partial charge in [0.25, 0.3) is 0 Å². The van der Waals surface area contributed by atoms with Crippen molar-refractivity contribution in [3.8, 4) is 11.5 Å². The van der Waals surface area contributed by atoms with Crippen molar-refractivity contribution in [2.75, 3.05) is 7.11 Å². The Hall–Kier alpha value is -2.00. The third-order valence-electron chi connectivity index (χ3n) is 3.19. The van der Waals surface area contributed by atoms with Gasteiger partial charge in [-0.1, -0.05) is 31.2 Å². The van der Waals surface area contributed by atoms with Crippen LogP contribution in [0.2, 0.25) is 0 Å². The summed E-state index contributed by atoms with van der Waals surface area (Å²) in [6.07, 6.45) is 0.312. The predicted molar refractivity (Wildman–Crippen MR) is 79.0 cm³/mol. The van der Waals surface area contributed by atoms with Gasteiger partial charge in [0.15, 0.2) is 0 Å². The van der Waals surface area contributed by atoms with E-state index in [-0.39, 0.29) is 0 Å². The summed E-state index contributed by atoms with van der Waals surface area (Å²) in [7, 11) is 1.65. The summed E-state index contributed by atoms with van der Waals surface area (Å²) in [5, 5.41) is 9.73. The highest BCUT2D eigenvalue weighted by Crippen LogP contribution is 2.21. The van der Waals surface area contributed by atoms with E-state index in [2.05, 4.69) is 0 Å². The molecule has 1 N–H and O–H groups in total. The first-order valence-electron chi connectivity index (χ1n) is 6.76. The average Bonchev–Trinajstić information content (AvgIpc) is 2.53. The van der Waals surface area contributed by atoms with E-state index in [1.165, 1.54) is 0 Å². The molecular weight excluding hydrogens is 252 g/mol. The van der Waals surface area contributed by atoms with Gasteiger partial charge in [-0.2, -0.15) is 0 Å². The van der Waals surface area contributed by atoms with E-state index >= 15 is 0 Å². The molecule has 0 aliphatic rings. The average molecular weight is 272 g/mol. The van der Waals surface area contributed by atoms with Crippen molar-refractivity contribution in [1.29, 1.82) is 0 Å². The van der Waals surface area contributed by atoms with E-state index in [9.17, 15) is 5.11 Å². The Morgan fingerprint density at radius 3 is 2.45 bits per heavy atom. The van der Waals surface area contributed by atoms with Crippen LogP contribution in [0, 0.1) is 0 Å². The molecule has 0 aromatic heterocycles. The van der Waals surface area contributed by atoms with E-state index in [4.69, 9.17) is 9.47 Å². The van der Waals surface area contributed by atoms with Crippen molar-refractivity contribution in [1.82, 2.24) is 0 Å². The molecule has 0 spiro atoms. The topological polar surface area (TPSA) is 38.7 Å². The SMILES string of the molecule is CC[C@H](O)c1ccc(OCc2cccc(OC)c2)cc1. The first-order valence-corrected chi connectivity index (χ1v) is 6.76. The molecule has 0 heterocycles. The number of ether oxygens (including phenoxy) is 2. The van der Waals surface area contributed by atoms with Gasteiger partial charge in [0.05, 0.1) is 13.2 Å². The minimum atomic E-state index is -0.401. The number of benzene rings is 2. The Bertz CT molecular complexity index is 534. The molecule has 0 amide bonds. The molecule has 0 aliphatic heterocycles. The third kappa shape index (κ3) is 3.75. The molecule has 0 bridgehead atoms. The molecule has 0 fully saturated rings. The molecule has 0 saturated carbocycles. The maximum absolute atomic E-state index is 9.73. The zero-order valence-electron chi connectivity index (χ0n) is 11.9. The molecule has 3 heteroatoms. The Kier molecular flexibility index (Phi) is 5.02. The summed E-state index contributed by atoms with van der Waals surface area (Å²) in [5.74, 6) is 1.62. The molecule has 2 aromatic rings. The Balaban J connectivity index is 1.96. The largest absolute Gasteiger partial charge is 0.497 e. The van der Waals surface area contributed by atoms with E-state index < -0.39 is 6.10 Å². The highest BCUT2D eigenvalue weighted by Gasteiger charge is 2.04. The van der Waals surface area contributed by atoms with Gasteiger partial charge < -0.3 is 14.6 Å². The number of methoxy groups -OCH3 is 1. The molecule has 0 unspecified atom stereocenters. The molecule has 3 nitrogen and oxygen atoms in total. The van der Waals surface area contributed by atoms with Gasteiger partial charge in [-0.3, -0.25) is 0 Å². The molecule has 106 valence electrons. The molecule has 20 heavy (non-hydrogen) atoms. The second-order valence-electron chi connectivity index (χ2n) is 4.63. The lowest BCUT2D eigenvalue weighted by Crippen LogP contribution is -1.98. The first kappa shape index (κ1) is 14.4. The van der Waals surface area contributed by atoms with Crippen LogP contribution in [0.25, 0.3) is 0 Å². The Morgan fingerprint density at radius 1 is 1.05 bits per heavy atom. The van der Waals surface area contributed by atoms with Crippen LogP contribution in [-0.4, -0.2) is 12.2 Å². The highest BCUT2D eigenvalue weighted by atomic mass is 16.5. The molecule has 2 aromatic carbocycles. The maximum Gasteiger partial charge on any atom is 0.119 e. The molecule has 1 atom stereocenters. The first-order chi connectivity index (χ1) is 9.72. The van der Waals surface area contributed by atoms with Crippen molar-refractivity contribution >= 4 is 0 Å². The number of rotatable bonds is 6. The van der Waals surface area contributed by atoms with Crippen molar-refractivity contribution in [3.63, 3.8) is 0 Å². The van der Waals surface area contributed by atoms with E-state index in [0.717, 1.165) is 22.6 Å². The lowest BCUT2D eigenvalue weighted by molar-refractivity contribution is 0.173. The second-order valence-corrected chi connectivity index (χ2v) is 4.63. The van der Waals surface area contributed by atoms with Crippen molar-refractivity contribution < 1.29 is 14.6 Å². The van der Waals surface area contributed by atoms with Crippen LogP contribution >= 0.6 is 0 Å². The molecule has 0 aliphatic carbocycles. The van der Waals surface area contributed by atoms with Crippen LogP contribution in [0.15, 0.2) is 48.5 Å². The number of aliphatic hydroxyl groups is 1. The fourth-order valence-electron chi connectivity index (χ4n) is 1.95. The van der Waals surface area contributed by atoms with E-state index in [1.807, 2.05) is 55.5 Å². The second kappa shape index (κ2) is 6.96. The van der Waals surface area contributed by atoms with Gasteiger partial charge in [0, 0.05) is 0 Å². The van der Waals surface area contributed by atoms with Crippen molar-refractivity contribution in [3.05, 3.63) is 59.7 Å². The molecule has 2 rings (SSSR count). The molecular formula is C17H20O3. The minimum Gasteiger partial charge on any atom is -0.497 e. The number of hydrogen-bond acceptors (Lipinski definition) is 3. The van der Waals surface area contributed by atoms with Crippen LogP contribution in [-0.2, 0) is 6.61 Å². The summed E-state index contributed by atoms with van der Waals surface area (Å²) < 4.78 is 10.9. The predicted octanol–water partition coefficient (Wildman–Crippen LogP) is 3.72. The van der Waals surface area contributed by atoms with Gasteiger partial charge in [0.2, 0.25) is 0 Å². The van der Waals surface area contributed by atoms with Gasteiger partial charge in [0.1, 0.15) is 18.1 Å². The summed E-state index contributed by atoms with van der Waals surface area (Å²) in [5.41, 5.74) is 1.98. The van der Waals surface area contributed by atoms with Crippen LogP contribution < -0.4 is 9.47 Å². The quantitative estimate of drug-likeness (QED) is 0.871. The number of aliphatic hydroxyl groups excluding tert-OH is 1. The zero-order valence-corrected chi connectivity index (χ0v) is 11.9. The van der Waals surface area contributed by atoms with Crippen LogP contribution in [0.1, 0.15) is 30.6 Å². The van der Waals surface area contributed by atoms with E-state index in [1.54, 1.807) is 7.11 Å². The number of hydrogen-bond donors (Lipinski definition) is 1. The monoisotopic (exact) mass is 272 g/mol. The van der Waals surface area contributed by atoms with Crippen LogP contribution in [0.4, 0.5) is 0 Å². The van der Waals surface area contributed by atoms with Gasteiger partial charge in [-0.05, 0) is 41.8 Å². The Labute approximate surface area is 119 Å². The van der Waals surface area contributed by atoms with Gasteiger partial charge in [-0.15, -0.1) is 0 Å². The normalized spacial score (nSPS) is 11.9. The van der Waals surface area contributed by atoms with Crippen LogP contribution in [0.5, 0.6) is 11.5 Å². The standard InChI is InChI=1S/C17H20O3/c1-3-17(18)14-7-9-15(10-8-14)20-12-13-5-4-6-16(11-13)19-2/h4-11,17-18H,3,12H2,1-2H3/t17-/m0/s1. The Morgan fingerprint density at radius 2 is 1.80 bits per heavy atom. The van der Waals surface area contributed by atoms with Crippen molar-refractivity contribution in [2.45, 2.75) is 26.1 Å². The van der Waals surface area contributed by atoms with Gasteiger partial charge >= 0.3 is 0 Å². The fraction of sp³-hybridized carbons (Fsp3) is 0.294. The minimum absolute atomic E-state index is 0.401. The zero-order chi connectivity index (χ0) is 14.4. The smallest absolute Gasteiger partial charge is 0.119 e. The third-order valence-corrected chi connectivity index (χ3v) is 3.19. The van der Waals surface area contributed by atoms with Crippen molar-refractivity contribution in [2.24, 2.45) is 0 Å². The molecule has 0 radical (unpaired) electrons. The summed E-state index contributed by atoms with van der Waals surface area (Å²) in [6.45, 7) is 2.45. The van der Waals surface area contributed by atoms with E-state index in [0.29, 0.717) is 13.0 Å². The summed E-state index contributed by atoms with van der Waals surface area (Å²) in [6, 6.07) is 15.4. The summed E-state index contributed by atoms with van der Waals surface area (Å²) >= 11 is 0. The molecule has 0 saturated heterocycles.